The van der Waals surface area contributed by atoms with Crippen molar-refractivity contribution in [1.29, 1.82) is 10.5 Å². The molecule has 0 bridgehead atoms. The summed E-state index contributed by atoms with van der Waals surface area (Å²) in [5.41, 5.74) is 7.43. The minimum Gasteiger partial charge on any atom is -0.495 e. The summed E-state index contributed by atoms with van der Waals surface area (Å²) in [6.45, 7) is 0. The number of rotatable bonds is 7. The second kappa shape index (κ2) is 11.4. The van der Waals surface area contributed by atoms with Crippen LogP contribution in [0.25, 0.3) is 35.4 Å². The van der Waals surface area contributed by atoms with Crippen LogP contribution in [0.5, 0.6) is 11.5 Å². The molecular formula is C32H24N2O2. The maximum Gasteiger partial charge on any atom is 0.137 e. The summed E-state index contributed by atoms with van der Waals surface area (Å²) in [7, 11) is 3.13. The lowest BCUT2D eigenvalue weighted by Crippen LogP contribution is -1.88. The van der Waals surface area contributed by atoms with Gasteiger partial charge in [0.25, 0.3) is 0 Å². The largest absolute Gasteiger partial charge is 0.495 e. The van der Waals surface area contributed by atoms with E-state index in [0.717, 1.165) is 33.4 Å². The Morgan fingerprint density at radius 1 is 0.500 bits per heavy atom. The van der Waals surface area contributed by atoms with Gasteiger partial charge in [0.2, 0.25) is 0 Å². The summed E-state index contributed by atoms with van der Waals surface area (Å²) >= 11 is 0. The molecule has 0 saturated heterocycles. The number of nitrogens with zero attached hydrogens (tertiary/aromatic N) is 2. The first-order valence-corrected chi connectivity index (χ1v) is 11.4. The summed E-state index contributed by atoms with van der Waals surface area (Å²) in [6.07, 6.45) is 8.08. The molecule has 0 unspecified atom stereocenters. The third-order valence-electron chi connectivity index (χ3n) is 5.78. The monoisotopic (exact) mass is 468 g/mol. The lowest BCUT2D eigenvalue weighted by molar-refractivity contribution is 0.413. The van der Waals surface area contributed by atoms with Gasteiger partial charge in [-0.2, -0.15) is 10.5 Å². The molecule has 0 spiro atoms. The Morgan fingerprint density at radius 2 is 0.833 bits per heavy atom. The normalized spacial score (nSPS) is 10.8. The molecule has 4 nitrogen and oxygen atoms in total. The van der Waals surface area contributed by atoms with Crippen LogP contribution in [-0.4, -0.2) is 14.2 Å². The SMILES string of the molecule is COc1cc(/C=C/c2ccc(-c3ccc(/C=C/c4ccc(C#N)c(OC)c4)cc3)cc2)ccc1C#N. The van der Waals surface area contributed by atoms with Gasteiger partial charge in [0, 0.05) is 0 Å². The van der Waals surface area contributed by atoms with Crippen LogP contribution in [0.4, 0.5) is 0 Å². The highest BCUT2D eigenvalue weighted by molar-refractivity contribution is 5.75. The first kappa shape index (κ1) is 24.1. The third kappa shape index (κ3) is 5.70. The molecular weight excluding hydrogens is 444 g/mol. The fourth-order valence-electron chi connectivity index (χ4n) is 3.77. The van der Waals surface area contributed by atoms with Crippen molar-refractivity contribution in [2.24, 2.45) is 0 Å². The van der Waals surface area contributed by atoms with Gasteiger partial charge in [-0.05, 0) is 57.6 Å². The van der Waals surface area contributed by atoms with E-state index in [4.69, 9.17) is 20.0 Å². The van der Waals surface area contributed by atoms with Crippen LogP contribution in [0.15, 0.2) is 84.9 Å². The Labute approximate surface area is 211 Å². The van der Waals surface area contributed by atoms with Gasteiger partial charge < -0.3 is 9.47 Å². The van der Waals surface area contributed by atoms with Crippen LogP contribution in [0.1, 0.15) is 33.4 Å². The fourth-order valence-corrected chi connectivity index (χ4v) is 3.77. The van der Waals surface area contributed by atoms with Crippen molar-refractivity contribution in [2.45, 2.75) is 0 Å². The highest BCUT2D eigenvalue weighted by atomic mass is 16.5. The lowest BCUT2D eigenvalue weighted by atomic mass is 10.0. The first-order chi connectivity index (χ1) is 17.6. The molecule has 0 saturated carbocycles. The number of benzene rings is 4. The van der Waals surface area contributed by atoms with Gasteiger partial charge in [0.15, 0.2) is 0 Å². The highest BCUT2D eigenvalue weighted by Crippen LogP contribution is 2.24. The fraction of sp³-hybridized carbons (Fsp3) is 0.0625. The molecule has 174 valence electrons. The second-order valence-electron chi connectivity index (χ2n) is 8.05. The summed E-state index contributed by atoms with van der Waals surface area (Å²) in [5, 5.41) is 18.3. The zero-order valence-corrected chi connectivity index (χ0v) is 20.1. The molecule has 0 N–H and O–H groups in total. The zero-order valence-electron chi connectivity index (χ0n) is 20.1. The van der Waals surface area contributed by atoms with Crippen molar-refractivity contribution < 1.29 is 9.47 Å². The highest BCUT2D eigenvalue weighted by Gasteiger charge is 2.03. The van der Waals surface area contributed by atoms with Gasteiger partial charge in [-0.25, -0.2) is 0 Å². The van der Waals surface area contributed by atoms with Crippen LogP contribution in [0, 0.1) is 22.7 Å². The molecule has 4 aromatic carbocycles. The van der Waals surface area contributed by atoms with Crippen molar-refractivity contribution >= 4 is 24.3 Å². The average molecular weight is 469 g/mol. The molecule has 4 aromatic rings. The van der Waals surface area contributed by atoms with Crippen LogP contribution < -0.4 is 9.47 Å². The molecule has 0 aromatic heterocycles. The number of hydrogen-bond donors (Lipinski definition) is 0. The molecule has 0 aliphatic rings. The Balaban J connectivity index is 1.43. The molecule has 0 fully saturated rings. The van der Waals surface area contributed by atoms with E-state index in [2.05, 4.69) is 60.7 Å². The molecule has 4 rings (SSSR count). The van der Waals surface area contributed by atoms with Gasteiger partial charge >= 0.3 is 0 Å². The third-order valence-corrected chi connectivity index (χ3v) is 5.78. The van der Waals surface area contributed by atoms with E-state index in [1.807, 2.05) is 48.6 Å². The zero-order chi connectivity index (χ0) is 25.3. The van der Waals surface area contributed by atoms with Gasteiger partial charge in [0.05, 0.1) is 25.3 Å². The predicted molar refractivity (Wildman–Crippen MR) is 145 cm³/mol. The van der Waals surface area contributed by atoms with Crippen LogP contribution in [0.2, 0.25) is 0 Å². The molecule has 0 amide bonds. The minimum atomic E-state index is 0.523. The summed E-state index contributed by atoms with van der Waals surface area (Å²) in [6, 6.07) is 32.1. The van der Waals surface area contributed by atoms with Crippen LogP contribution in [0.3, 0.4) is 0 Å². The Morgan fingerprint density at radius 3 is 1.17 bits per heavy atom. The molecule has 0 atom stereocenters. The van der Waals surface area contributed by atoms with Crippen molar-refractivity contribution in [1.82, 2.24) is 0 Å². The second-order valence-corrected chi connectivity index (χ2v) is 8.05. The smallest absolute Gasteiger partial charge is 0.137 e. The number of nitriles is 2. The predicted octanol–water partition coefficient (Wildman–Crippen LogP) is 7.45. The maximum atomic E-state index is 9.13. The van der Waals surface area contributed by atoms with E-state index in [1.165, 1.54) is 0 Å². The van der Waals surface area contributed by atoms with E-state index < -0.39 is 0 Å². The van der Waals surface area contributed by atoms with Crippen molar-refractivity contribution in [3.63, 3.8) is 0 Å². The van der Waals surface area contributed by atoms with E-state index >= 15 is 0 Å². The van der Waals surface area contributed by atoms with Crippen LogP contribution >= 0.6 is 0 Å². The van der Waals surface area contributed by atoms with E-state index in [1.54, 1.807) is 26.4 Å². The molecule has 0 heterocycles. The molecule has 4 heteroatoms. The van der Waals surface area contributed by atoms with Crippen molar-refractivity contribution in [3.05, 3.63) is 118 Å². The molecule has 0 aliphatic heterocycles. The van der Waals surface area contributed by atoms with Crippen LogP contribution in [-0.2, 0) is 0 Å². The quantitative estimate of drug-likeness (QED) is 0.264. The van der Waals surface area contributed by atoms with Crippen molar-refractivity contribution in [2.75, 3.05) is 14.2 Å². The topological polar surface area (TPSA) is 66.0 Å². The minimum absolute atomic E-state index is 0.523. The van der Waals surface area contributed by atoms with Gasteiger partial charge in [0.1, 0.15) is 23.6 Å². The summed E-state index contributed by atoms with van der Waals surface area (Å²) < 4.78 is 10.6. The Bertz CT molecular complexity index is 1380. The Hall–Kier alpha value is -5.06. The van der Waals surface area contributed by atoms with E-state index in [-0.39, 0.29) is 0 Å². The summed E-state index contributed by atoms with van der Waals surface area (Å²) in [5.74, 6) is 1.15. The summed E-state index contributed by atoms with van der Waals surface area (Å²) in [4.78, 5) is 0. The molecule has 36 heavy (non-hydrogen) atoms. The molecule has 0 radical (unpaired) electrons. The number of hydrogen-bond acceptors (Lipinski definition) is 4. The van der Waals surface area contributed by atoms with Crippen molar-refractivity contribution in [3.8, 4) is 34.8 Å². The van der Waals surface area contributed by atoms with Gasteiger partial charge in [-0.3, -0.25) is 0 Å². The molecule has 0 aliphatic carbocycles. The Kier molecular flexibility index (Phi) is 7.61. The standard InChI is InChI=1S/C32H24N2O2/c1-35-31-19-25(11-17-29(31)21-33)5-3-23-7-13-27(14-8-23)28-15-9-24(10-16-28)4-6-26-12-18-30(22-34)32(20-26)36-2/h3-20H,1-2H3/b5-3+,6-4+. The van der Waals surface area contributed by atoms with E-state index in [9.17, 15) is 0 Å². The van der Waals surface area contributed by atoms with Gasteiger partial charge in [-0.1, -0.05) is 85.0 Å². The van der Waals surface area contributed by atoms with Gasteiger partial charge in [-0.15, -0.1) is 0 Å². The number of ether oxygens (including phenoxy) is 2. The average Bonchev–Trinajstić information content (AvgIpc) is 2.95. The maximum absolute atomic E-state index is 9.13. The number of methoxy groups -OCH3 is 2. The van der Waals surface area contributed by atoms with E-state index in [0.29, 0.717) is 22.6 Å². The first-order valence-electron chi connectivity index (χ1n) is 11.4. The lowest BCUT2D eigenvalue weighted by Gasteiger charge is -2.05.